The molecule has 116 valence electrons. The van der Waals surface area contributed by atoms with E-state index in [0.717, 1.165) is 17.7 Å². The standard InChI is InChI=1S/C18H15FN2O2/c1-2-8-23-14-9-10(12-4-3-7-20-12)15-17-13(21-18(15)22)6-5-11(19)16(14)17/h3-7,9,20H,2,8H2,1H3,(H,21,22). The summed E-state index contributed by atoms with van der Waals surface area (Å²) in [4.78, 5) is 15.5. The third-order valence-corrected chi connectivity index (χ3v) is 4.02. The molecule has 1 amide bonds. The van der Waals surface area contributed by atoms with Crippen molar-refractivity contribution in [2.24, 2.45) is 0 Å². The van der Waals surface area contributed by atoms with Crippen LogP contribution in [0.2, 0.25) is 0 Å². The highest BCUT2D eigenvalue weighted by Gasteiger charge is 2.29. The van der Waals surface area contributed by atoms with Gasteiger partial charge in [-0.3, -0.25) is 4.79 Å². The van der Waals surface area contributed by atoms with Gasteiger partial charge in [0, 0.05) is 22.8 Å². The molecule has 0 fully saturated rings. The highest BCUT2D eigenvalue weighted by molar-refractivity contribution is 6.27. The highest BCUT2D eigenvalue weighted by atomic mass is 19.1. The van der Waals surface area contributed by atoms with Gasteiger partial charge in [0.25, 0.3) is 5.91 Å². The molecule has 4 rings (SSSR count). The van der Waals surface area contributed by atoms with Crippen LogP contribution in [0, 0.1) is 5.82 Å². The zero-order valence-corrected chi connectivity index (χ0v) is 12.6. The number of aromatic amines is 1. The molecule has 1 aromatic heterocycles. The molecule has 2 aromatic carbocycles. The molecule has 0 unspecified atom stereocenters. The number of hydrogen-bond acceptors (Lipinski definition) is 2. The summed E-state index contributed by atoms with van der Waals surface area (Å²) in [6.07, 6.45) is 2.61. The van der Waals surface area contributed by atoms with E-state index >= 15 is 0 Å². The van der Waals surface area contributed by atoms with Crippen LogP contribution in [-0.4, -0.2) is 17.5 Å². The van der Waals surface area contributed by atoms with Crippen LogP contribution in [0.3, 0.4) is 0 Å². The van der Waals surface area contributed by atoms with Crippen LogP contribution in [0.1, 0.15) is 23.7 Å². The van der Waals surface area contributed by atoms with Gasteiger partial charge in [-0.25, -0.2) is 4.39 Å². The zero-order valence-electron chi connectivity index (χ0n) is 12.6. The first kappa shape index (κ1) is 13.8. The third-order valence-electron chi connectivity index (χ3n) is 4.02. The minimum Gasteiger partial charge on any atom is -0.493 e. The van der Waals surface area contributed by atoms with Gasteiger partial charge in [0.1, 0.15) is 11.6 Å². The lowest BCUT2D eigenvalue weighted by atomic mass is 9.96. The first-order valence-electron chi connectivity index (χ1n) is 7.58. The second kappa shape index (κ2) is 5.12. The molecule has 23 heavy (non-hydrogen) atoms. The molecular weight excluding hydrogens is 295 g/mol. The van der Waals surface area contributed by atoms with E-state index in [0.29, 0.717) is 34.4 Å². The molecule has 0 saturated carbocycles. The Morgan fingerprint density at radius 3 is 2.83 bits per heavy atom. The molecule has 1 aliphatic rings. The molecule has 0 bridgehead atoms. The average Bonchev–Trinajstić information content (AvgIpc) is 3.18. The topological polar surface area (TPSA) is 54.1 Å². The minimum atomic E-state index is -0.384. The summed E-state index contributed by atoms with van der Waals surface area (Å²) in [5.74, 6) is -0.140. The van der Waals surface area contributed by atoms with E-state index in [1.165, 1.54) is 6.07 Å². The minimum absolute atomic E-state index is 0.220. The molecule has 5 heteroatoms. The van der Waals surface area contributed by atoms with Crippen molar-refractivity contribution in [3.63, 3.8) is 0 Å². The number of hydrogen-bond donors (Lipinski definition) is 2. The van der Waals surface area contributed by atoms with Crippen LogP contribution in [0.15, 0.2) is 36.5 Å². The van der Waals surface area contributed by atoms with Gasteiger partial charge < -0.3 is 15.0 Å². The van der Waals surface area contributed by atoms with E-state index < -0.39 is 0 Å². The maximum Gasteiger partial charge on any atom is 0.257 e. The van der Waals surface area contributed by atoms with Crippen LogP contribution in [-0.2, 0) is 0 Å². The molecule has 0 atom stereocenters. The van der Waals surface area contributed by atoms with Crippen molar-refractivity contribution in [2.45, 2.75) is 13.3 Å². The first-order chi connectivity index (χ1) is 11.2. The van der Waals surface area contributed by atoms with E-state index in [4.69, 9.17) is 4.74 Å². The Kier molecular flexibility index (Phi) is 3.08. The second-order valence-electron chi connectivity index (χ2n) is 5.53. The summed E-state index contributed by atoms with van der Waals surface area (Å²) in [6, 6.07) is 8.44. The number of carbonyl (C=O) groups excluding carboxylic acids is 1. The lowest BCUT2D eigenvalue weighted by Gasteiger charge is -2.13. The smallest absolute Gasteiger partial charge is 0.257 e. The predicted molar refractivity (Wildman–Crippen MR) is 87.4 cm³/mol. The zero-order chi connectivity index (χ0) is 16.0. The number of aromatic nitrogens is 1. The monoisotopic (exact) mass is 310 g/mol. The lowest BCUT2D eigenvalue weighted by molar-refractivity contribution is 0.103. The fourth-order valence-corrected chi connectivity index (χ4v) is 3.05. The van der Waals surface area contributed by atoms with Gasteiger partial charge >= 0.3 is 0 Å². The number of carbonyl (C=O) groups is 1. The quantitative estimate of drug-likeness (QED) is 0.753. The van der Waals surface area contributed by atoms with Crippen molar-refractivity contribution in [1.29, 1.82) is 0 Å². The molecule has 4 nitrogen and oxygen atoms in total. The Morgan fingerprint density at radius 2 is 2.09 bits per heavy atom. The van der Waals surface area contributed by atoms with Gasteiger partial charge in [0.05, 0.1) is 23.2 Å². The number of halogens is 1. The second-order valence-corrected chi connectivity index (χ2v) is 5.53. The molecule has 0 spiro atoms. The van der Waals surface area contributed by atoms with Gasteiger partial charge in [-0.2, -0.15) is 0 Å². The molecule has 2 heterocycles. The molecular formula is C18H15FN2O2. The highest BCUT2D eigenvalue weighted by Crippen LogP contribution is 2.44. The van der Waals surface area contributed by atoms with Crippen LogP contribution >= 0.6 is 0 Å². The molecule has 3 aromatic rings. The Hall–Kier alpha value is -2.82. The van der Waals surface area contributed by atoms with Crippen LogP contribution < -0.4 is 10.1 Å². The van der Waals surface area contributed by atoms with E-state index in [2.05, 4.69) is 10.3 Å². The molecule has 0 radical (unpaired) electrons. The van der Waals surface area contributed by atoms with Gasteiger partial charge in [0.15, 0.2) is 0 Å². The van der Waals surface area contributed by atoms with E-state index in [9.17, 15) is 9.18 Å². The largest absolute Gasteiger partial charge is 0.493 e. The van der Waals surface area contributed by atoms with Crippen molar-refractivity contribution in [3.05, 3.63) is 47.9 Å². The number of amides is 1. The SMILES string of the molecule is CCCOc1cc(-c2ccc[nH]2)c2c3c(ccc(F)c13)NC2=O. The summed E-state index contributed by atoms with van der Waals surface area (Å²) in [5.41, 5.74) is 2.63. The van der Waals surface area contributed by atoms with Gasteiger partial charge in [0.2, 0.25) is 0 Å². The van der Waals surface area contributed by atoms with Gasteiger partial charge in [-0.05, 0) is 36.8 Å². The molecule has 0 aliphatic carbocycles. The number of nitrogens with one attached hydrogen (secondary N) is 2. The summed E-state index contributed by atoms with van der Waals surface area (Å²) in [6.45, 7) is 2.48. The number of ether oxygens (including phenoxy) is 1. The van der Waals surface area contributed by atoms with Crippen molar-refractivity contribution >= 4 is 22.4 Å². The van der Waals surface area contributed by atoms with E-state index in [1.807, 2.05) is 19.1 Å². The average molecular weight is 310 g/mol. The Morgan fingerprint density at radius 1 is 1.22 bits per heavy atom. The molecule has 2 N–H and O–H groups in total. The summed E-state index contributed by atoms with van der Waals surface area (Å²) in [5, 5.41) is 3.76. The Bertz CT molecular complexity index is 917. The fraction of sp³-hybridized carbons (Fsp3) is 0.167. The maximum absolute atomic E-state index is 14.4. The maximum atomic E-state index is 14.4. The summed E-state index contributed by atoms with van der Waals surface area (Å²) >= 11 is 0. The Balaban J connectivity index is 2.09. The number of benzene rings is 2. The van der Waals surface area contributed by atoms with E-state index in [-0.39, 0.29) is 11.7 Å². The summed E-state index contributed by atoms with van der Waals surface area (Å²) < 4.78 is 20.2. The van der Waals surface area contributed by atoms with Crippen molar-refractivity contribution in [1.82, 2.24) is 4.98 Å². The van der Waals surface area contributed by atoms with Gasteiger partial charge in [-0.15, -0.1) is 0 Å². The summed E-state index contributed by atoms with van der Waals surface area (Å²) in [7, 11) is 0. The number of anilines is 1. The normalized spacial score (nSPS) is 12.7. The lowest BCUT2D eigenvalue weighted by Crippen LogP contribution is -2.06. The number of H-pyrrole nitrogens is 1. The molecule has 1 aliphatic heterocycles. The first-order valence-corrected chi connectivity index (χ1v) is 7.58. The van der Waals surface area contributed by atoms with Crippen molar-refractivity contribution < 1.29 is 13.9 Å². The van der Waals surface area contributed by atoms with Gasteiger partial charge in [-0.1, -0.05) is 6.92 Å². The van der Waals surface area contributed by atoms with Crippen LogP contribution in [0.4, 0.5) is 10.1 Å². The van der Waals surface area contributed by atoms with E-state index in [1.54, 1.807) is 18.3 Å². The van der Waals surface area contributed by atoms with Crippen LogP contribution in [0.25, 0.3) is 22.0 Å². The number of rotatable bonds is 4. The predicted octanol–water partition coefficient (Wildman–Crippen LogP) is 4.33. The molecule has 0 saturated heterocycles. The van der Waals surface area contributed by atoms with Crippen molar-refractivity contribution in [2.75, 3.05) is 11.9 Å². The third kappa shape index (κ3) is 2.00. The fourth-order valence-electron chi connectivity index (χ4n) is 3.05. The Labute approximate surface area is 132 Å². The van der Waals surface area contributed by atoms with Crippen LogP contribution in [0.5, 0.6) is 5.75 Å². The van der Waals surface area contributed by atoms with Crippen molar-refractivity contribution in [3.8, 4) is 17.0 Å².